The van der Waals surface area contributed by atoms with E-state index in [1.54, 1.807) is 0 Å². The van der Waals surface area contributed by atoms with E-state index >= 15 is 0 Å². The highest BCUT2D eigenvalue weighted by Gasteiger charge is 2.42. The number of hydrogen-bond donors (Lipinski definition) is 3. The summed E-state index contributed by atoms with van der Waals surface area (Å²) in [4.78, 5) is 0. The molecule has 1 aromatic rings. The van der Waals surface area contributed by atoms with Crippen LogP contribution in [0.1, 0.15) is 11.1 Å². The van der Waals surface area contributed by atoms with Gasteiger partial charge in [-0.2, -0.15) is 13.2 Å². The molecule has 0 aliphatic heterocycles. The van der Waals surface area contributed by atoms with Crippen LogP contribution in [0, 0.1) is 0 Å². The molecule has 0 atom stereocenters. The van der Waals surface area contributed by atoms with Gasteiger partial charge in [0.15, 0.2) is 23.0 Å². The molecule has 0 aromatic heterocycles. The highest BCUT2D eigenvalue weighted by molar-refractivity contribution is 5.66. The van der Waals surface area contributed by atoms with Gasteiger partial charge in [-0.1, -0.05) is 0 Å². The Morgan fingerprint density at radius 2 is 1.58 bits per heavy atom. The lowest BCUT2D eigenvalue weighted by Gasteiger charge is -2.20. The number of aromatic hydroxyl groups is 2. The van der Waals surface area contributed by atoms with E-state index in [4.69, 9.17) is 10.5 Å². The first-order valence-corrected chi connectivity index (χ1v) is 5.25. The number of halogens is 3. The van der Waals surface area contributed by atoms with Gasteiger partial charge in [0.05, 0.1) is 14.2 Å². The summed E-state index contributed by atoms with van der Waals surface area (Å²) in [6, 6.07) is 0. The molecule has 0 saturated carbocycles. The molecule has 19 heavy (non-hydrogen) atoms. The maximum absolute atomic E-state index is 12.9. The molecule has 1 aromatic carbocycles. The second kappa shape index (κ2) is 5.43. The summed E-state index contributed by atoms with van der Waals surface area (Å²) in [5.74, 6) is -3.19. The van der Waals surface area contributed by atoms with E-state index in [1.165, 1.54) is 0 Å². The first-order valence-electron chi connectivity index (χ1n) is 5.25. The van der Waals surface area contributed by atoms with E-state index in [0.717, 1.165) is 14.2 Å². The van der Waals surface area contributed by atoms with Crippen LogP contribution in [0.3, 0.4) is 0 Å². The topological polar surface area (TPSA) is 84.9 Å². The minimum Gasteiger partial charge on any atom is -0.504 e. The third-order valence-electron chi connectivity index (χ3n) is 2.54. The molecule has 0 aliphatic carbocycles. The van der Waals surface area contributed by atoms with E-state index in [0.29, 0.717) is 0 Å². The number of alkyl halides is 3. The number of ether oxygens (including phenoxy) is 2. The summed E-state index contributed by atoms with van der Waals surface area (Å²) in [5, 5.41) is 19.5. The fraction of sp³-hybridized carbons (Fsp3) is 0.455. The van der Waals surface area contributed by atoms with E-state index in [-0.39, 0.29) is 18.5 Å². The van der Waals surface area contributed by atoms with E-state index in [1.807, 2.05) is 0 Å². The fourth-order valence-electron chi connectivity index (χ4n) is 1.78. The zero-order valence-corrected chi connectivity index (χ0v) is 10.3. The summed E-state index contributed by atoms with van der Waals surface area (Å²) >= 11 is 0. The third kappa shape index (κ3) is 2.62. The van der Waals surface area contributed by atoms with Crippen LogP contribution in [0.25, 0.3) is 0 Å². The smallest absolute Gasteiger partial charge is 0.423 e. The number of hydrogen-bond acceptors (Lipinski definition) is 5. The Kier molecular flexibility index (Phi) is 4.35. The summed E-state index contributed by atoms with van der Waals surface area (Å²) in [6.07, 6.45) is -4.88. The Bertz CT molecular complexity index is 474. The highest BCUT2D eigenvalue weighted by Crippen LogP contribution is 2.53. The monoisotopic (exact) mass is 281 g/mol. The first kappa shape index (κ1) is 15.2. The van der Waals surface area contributed by atoms with Crippen molar-refractivity contribution in [3.8, 4) is 23.0 Å². The Labute approximate surface area is 107 Å². The van der Waals surface area contributed by atoms with E-state index in [2.05, 4.69) is 4.74 Å². The van der Waals surface area contributed by atoms with Gasteiger partial charge in [-0.25, -0.2) is 0 Å². The minimum absolute atomic E-state index is 0.0249. The molecule has 1 rings (SSSR count). The molecule has 0 fully saturated rings. The van der Waals surface area contributed by atoms with Gasteiger partial charge in [0.1, 0.15) is 5.56 Å². The van der Waals surface area contributed by atoms with Crippen molar-refractivity contribution < 1.29 is 32.9 Å². The Hall–Kier alpha value is -1.83. The van der Waals surface area contributed by atoms with Gasteiger partial charge in [-0.15, -0.1) is 0 Å². The molecule has 4 N–H and O–H groups in total. The molecule has 0 unspecified atom stereocenters. The highest BCUT2D eigenvalue weighted by atomic mass is 19.4. The maximum atomic E-state index is 12.9. The number of phenolic OH excluding ortho intramolecular Hbond substituents is 2. The molecule has 0 saturated heterocycles. The molecule has 8 heteroatoms. The van der Waals surface area contributed by atoms with Crippen LogP contribution >= 0.6 is 0 Å². The quantitative estimate of drug-likeness (QED) is 0.730. The van der Waals surface area contributed by atoms with Crippen molar-refractivity contribution in [1.29, 1.82) is 0 Å². The van der Waals surface area contributed by atoms with Gasteiger partial charge >= 0.3 is 6.18 Å². The van der Waals surface area contributed by atoms with Gasteiger partial charge in [0.25, 0.3) is 0 Å². The number of phenols is 2. The van der Waals surface area contributed by atoms with Crippen LogP contribution in [0.5, 0.6) is 23.0 Å². The number of methoxy groups -OCH3 is 2. The van der Waals surface area contributed by atoms with Gasteiger partial charge in [0.2, 0.25) is 0 Å². The van der Waals surface area contributed by atoms with E-state index < -0.39 is 34.7 Å². The van der Waals surface area contributed by atoms with Crippen molar-refractivity contribution >= 4 is 0 Å². The minimum atomic E-state index is -4.90. The number of nitrogens with two attached hydrogens (primary N) is 1. The standard InChI is InChI=1S/C11H14F3NO4/c1-18-9-5(3-4-15)7(16)10(19-2)6(8(9)17)11(12,13)14/h16-17H,3-4,15H2,1-2H3. The SMILES string of the molecule is COc1c(O)c(C(F)(F)F)c(OC)c(O)c1CCN. The molecule has 0 spiro atoms. The summed E-state index contributed by atoms with van der Waals surface area (Å²) in [6.45, 7) is 0.0535. The van der Waals surface area contributed by atoms with E-state index in [9.17, 15) is 23.4 Å². The molecule has 5 nitrogen and oxygen atoms in total. The van der Waals surface area contributed by atoms with Crippen LogP contribution in [0.4, 0.5) is 13.2 Å². The van der Waals surface area contributed by atoms with Crippen LogP contribution in [-0.2, 0) is 12.6 Å². The van der Waals surface area contributed by atoms with Gasteiger partial charge in [-0.3, -0.25) is 0 Å². The lowest BCUT2D eigenvalue weighted by Crippen LogP contribution is -2.12. The molecule has 0 amide bonds. The lowest BCUT2D eigenvalue weighted by atomic mass is 10.0. The number of rotatable bonds is 4. The van der Waals surface area contributed by atoms with Crippen molar-refractivity contribution in [3.63, 3.8) is 0 Å². The molecule has 0 aliphatic rings. The third-order valence-corrected chi connectivity index (χ3v) is 2.54. The van der Waals surface area contributed by atoms with Crippen molar-refractivity contribution in [3.05, 3.63) is 11.1 Å². The van der Waals surface area contributed by atoms with Gasteiger partial charge in [0, 0.05) is 5.56 Å². The Morgan fingerprint density at radius 3 is 1.95 bits per heavy atom. The lowest BCUT2D eigenvalue weighted by molar-refractivity contribution is -0.140. The zero-order chi connectivity index (χ0) is 14.8. The van der Waals surface area contributed by atoms with Crippen LogP contribution in [-0.4, -0.2) is 31.0 Å². The summed E-state index contributed by atoms with van der Waals surface area (Å²) < 4.78 is 47.9. The maximum Gasteiger partial charge on any atom is 0.423 e. The van der Waals surface area contributed by atoms with Crippen LogP contribution in [0.2, 0.25) is 0 Å². The Morgan fingerprint density at radius 1 is 1.05 bits per heavy atom. The molecule has 0 bridgehead atoms. The van der Waals surface area contributed by atoms with Crippen LogP contribution < -0.4 is 15.2 Å². The van der Waals surface area contributed by atoms with Gasteiger partial charge < -0.3 is 25.4 Å². The van der Waals surface area contributed by atoms with Crippen molar-refractivity contribution in [2.45, 2.75) is 12.6 Å². The molecular weight excluding hydrogens is 267 g/mol. The Balaban J connectivity index is 3.72. The molecule has 0 heterocycles. The molecule has 0 radical (unpaired) electrons. The molecular formula is C11H14F3NO4. The summed E-state index contributed by atoms with van der Waals surface area (Å²) in [7, 11) is 2.05. The van der Waals surface area contributed by atoms with Gasteiger partial charge in [-0.05, 0) is 13.0 Å². The second-order valence-electron chi connectivity index (χ2n) is 3.65. The largest absolute Gasteiger partial charge is 0.504 e. The predicted octanol–water partition coefficient (Wildman–Crippen LogP) is 1.64. The van der Waals surface area contributed by atoms with Crippen LogP contribution in [0.15, 0.2) is 0 Å². The predicted molar refractivity (Wildman–Crippen MR) is 60.6 cm³/mol. The zero-order valence-electron chi connectivity index (χ0n) is 10.3. The fourth-order valence-corrected chi connectivity index (χ4v) is 1.78. The average molecular weight is 281 g/mol. The number of benzene rings is 1. The van der Waals surface area contributed by atoms with Crippen molar-refractivity contribution in [1.82, 2.24) is 0 Å². The second-order valence-corrected chi connectivity index (χ2v) is 3.65. The van der Waals surface area contributed by atoms with Crippen molar-refractivity contribution in [2.24, 2.45) is 5.73 Å². The summed E-state index contributed by atoms with van der Waals surface area (Å²) in [5.41, 5.74) is 3.79. The normalized spacial score (nSPS) is 11.5. The first-order chi connectivity index (χ1) is 8.79. The average Bonchev–Trinajstić information content (AvgIpc) is 2.31. The molecule has 108 valence electrons. The van der Waals surface area contributed by atoms with Crippen molar-refractivity contribution in [2.75, 3.05) is 20.8 Å².